The fourth-order valence-electron chi connectivity index (χ4n) is 2.73. The minimum Gasteiger partial charge on any atom is -0.469 e. The Labute approximate surface area is 133 Å². The van der Waals surface area contributed by atoms with Crippen LogP contribution in [0.3, 0.4) is 0 Å². The molecule has 1 aromatic rings. The second-order valence-electron chi connectivity index (χ2n) is 5.76. The van der Waals surface area contributed by atoms with Gasteiger partial charge in [0, 0.05) is 38.4 Å². The minimum atomic E-state index is -4.33. The van der Waals surface area contributed by atoms with Crippen LogP contribution in [0, 0.1) is 5.92 Å². The molecule has 1 aromatic carbocycles. The van der Waals surface area contributed by atoms with Crippen molar-refractivity contribution in [2.24, 2.45) is 5.92 Å². The molecule has 7 heteroatoms. The number of hydrogen-bond acceptors (Lipinski definition) is 4. The van der Waals surface area contributed by atoms with Crippen molar-refractivity contribution in [1.82, 2.24) is 4.90 Å². The first kappa shape index (κ1) is 17.6. The fourth-order valence-corrected chi connectivity index (χ4v) is 2.73. The third-order valence-electron chi connectivity index (χ3n) is 4.05. The molecular weight excluding hydrogens is 309 g/mol. The molecule has 0 spiro atoms. The van der Waals surface area contributed by atoms with Crippen LogP contribution in [0.4, 0.5) is 18.9 Å². The summed E-state index contributed by atoms with van der Waals surface area (Å²) in [7, 11) is 1.37. The second-order valence-corrected chi connectivity index (χ2v) is 5.76. The van der Waals surface area contributed by atoms with E-state index in [4.69, 9.17) is 4.74 Å². The molecule has 1 aliphatic heterocycles. The molecule has 0 N–H and O–H groups in total. The van der Waals surface area contributed by atoms with E-state index in [2.05, 4.69) is 4.90 Å². The predicted molar refractivity (Wildman–Crippen MR) is 81.3 cm³/mol. The van der Waals surface area contributed by atoms with Crippen LogP contribution in [0.5, 0.6) is 0 Å². The second kappa shape index (κ2) is 7.21. The summed E-state index contributed by atoms with van der Waals surface area (Å²) in [4.78, 5) is 15.5. The van der Waals surface area contributed by atoms with Crippen LogP contribution in [0.1, 0.15) is 12.5 Å². The number of hydrogen-bond donors (Lipinski definition) is 0. The zero-order chi connectivity index (χ0) is 17.0. The number of carbonyl (C=O) groups excluding carboxylic acids is 1. The highest BCUT2D eigenvalue weighted by Gasteiger charge is 2.31. The van der Waals surface area contributed by atoms with Gasteiger partial charge in [-0.15, -0.1) is 0 Å². The number of methoxy groups -OCH3 is 1. The van der Waals surface area contributed by atoms with Crippen LogP contribution in [-0.2, 0) is 15.7 Å². The Morgan fingerprint density at radius 2 is 1.91 bits per heavy atom. The molecule has 0 radical (unpaired) electrons. The summed E-state index contributed by atoms with van der Waals surface area (Å²) in [6.07, 6.45) is -4.33. The topological polar surface area (TPSA) is 32.8 Å². The standard InChI is InChI=1S/C16H21F3N2O2/c1-12(15(22)23-2)11-20-6-8-21(9-7-20)14-5-3-4-13(10-14)16(17,18)19/h3-5,10,12H,6-9,11H2,1-2H3. The molecule has 1 aliphatic rings. The largest absolute Gasteiger partial charge is 0.469 e. The molecule has 4 nitrogen and oxygen atoms in total. The third kappa shape index (κ3) is 4.60. The van der Waals surface area contributed by atoms with Crippen molar-refractivity contribution < 1.29 is 22.7 Å². The van der Waals surface area contributed by atoms with Gasteiger partial charge in [-0.05, 0) is 18.2 Å². The molecule has 0 bridgehead atoms. The van der Waals surface area contributed by atoms with Gasteiger partial charge in [-0.25, -0.2) is 0 Å². The number of ether oxygens (including phenoxy) is 1. The van der Waals surface area contributed by atoms with Gasteiger partial charge < -0.3 is 9.64 Å². The van der Waals surface area contributed by atoms with E-state index >= 15 is 0 Å². The summed E-state index contributed by atoms with van der Waals surface area (Å²) in [6.45, 7) is 5.09. The van der Waals surface area contributed by atoms with Gasteiger partial charge in [-0.2, -0.15) is 13.2 Å². The quantitative estimate of drug-likeness (QED) is 0.795. The lowest BCUT2D eigenvalue weighted by atomic mass is 10.1. The number of piperazine rings is 1. The summed E-state index contributed by atoms with van der Waals surface area (Å²) in [5, 5.41) is 0. The van der Waals surface area contributed by atoms with E-state index in [1.807, 2.05) is 11.8 Å². The van der Waals surface area contributed by atoms with Gasteiger partial charge in [0.05, 0.1) is 18.6 Å². The summed E-state index contributed by atoms with van der Waals surface area (Å²) < 4.78 is 43.0. The van der Waals surface area contributed by atoms with Gasteiger partial charge in [0.2, 0.25) is 0 Å². The highest BCUT2D eigenvalue weighted by molar-refractivity contribution is 5.72. The molecule has 2 rings (SSSR count). The van der Waals surface area contributed by atoms with Crippen LogP contribution in [0.15, 0.2) is 24.3 Å². The van der Waals surface area contributed by atoms with E-state index in [9.17, 15) is 18.0 Å². The van der Waals surface area contributed by atoms with Gasteiger partial charge in [0.1, 0.15) is 0 Å². The van der Waals surface area contributed by atoms with Gasteiger partial charge >= 0.3 is 12.1 Å². The van der Waals surface area contributed by atoms with Crippen molar-refractivity contribution >= 4 is 11.7 Å². The predicted octanol–water partition coefficient (Wildman–Crippen LogP) is 2.64. The lowest BCUT2D eigenvalue weighted by Gasteiger charge is -2.37. The van der Waals surface area contributed by atoms with Crippen LogP contribution in [0.2, 0.25) is 0 Å². The Balaban J connectivity index is 1.93. The number of alkyl halides is 3. The van der Waals surface area contributed by atoms with Crippen molar-refractivity contribution in [2.75, 3.05) is 44.7 Å². The first-order valence-corrected chi connectivity index (χ1v) is 7.53. The zero-order valence-corrected chi connectivity index (χ0v) is 13.3. The number of anilines is 1. The van der Waals surface area contributed by atoms with Crippen LogP contribution in [-0.4, -0.2) is 50.7 Å². The van der Waals surface area contributed by atoms with Crippen LogP contribution in [0.25, 0.3) is 0 Å². The maximum Gasteiger partial charge on any atom is 0.416 e. The number of rotatable bonds is 4. The molecule has 1 fully saturated rings. The molecule has 0 aromatic heterocycles. The Bertz CT molecular complexity index is 540. The summed E-state index contributed by atoms with van der Waals surface area (Å²) in [5.41, 5.74) is -0.0442. The lowest BCUT2D eigenvalue weighted by Crippen LogP contribution is -2.48. The van der Waals surface area contributed by atoms with E-state index in [0.717, 1.165) is 6.07 Å². The van der Waals surface area contributed by atoms with Gasteiger partial charge in [0.25, 0.3) is 0 Å². The summed E-state index contributed by atoms with van der Waals surface area (Å²) >= 11 is 0. The summed E-state index contributed by atoms with van der Waals surface area (Å²) in [5.74, 6) is -0.453. The first-order valence-electron chi connectivity index (χ1n) is 7.53. The van der Waals surface area contributed by atoms with Crippen molar-refractivity contribution in [3.63, 3.8) is 0 Å². The molecule has 1 saturated heterocycles. The molecule has 1 unspecified atom stereocenters. The molecule has 1 atom stereocenters. The zero-order valence-electron chi connectivity index (χ0n) is 13.3. The van der Waals surface area contributed by atoms with E-state index in [-0.39, 0.29) is 11.9 Å². The SMILES string of the molecule is COC(=O)C(C)CN1CCN(c2cccc(C(F)(F)F)c2)CC1. The number of nitrogens with zero attached hydrogens (tertiary/aromatic N) is 2. The van der Waals surface area contributed by atoms with E-state index in [1.165, 1.54) is 19.2 Å². The molecule has 0 saturated carbocycles. The molecular formula is C16H21F3N2O2. The Hall–Kier alpha value is -1.76. The maximum absolute atomic E-state index is 12.8. The Morgan fingerprint density at radius 1 is 1.26 bits per heavy atom. The highest BCUT2D eigenvalue weighted by Crippen LogP contribution is 2.31. The molecule has 128 valence electrons. The Kier molecular flexibility index (Phi) is 5.51. The molecule has 0 aliphatic carbocycles. The van der Waals surface area contributed by atoms with Gasteiger partial charge in [-0.3, -0.25) is 9.69 Å². The average molecular weight is 330 g/mol. The third-order valence-corrected chi connectivity index (χ3v) is 4.05. The Morgan fingerprint density at radius 3 is 2.48 bits per heavy atom. The van der Waals surface area contributed by atoms with E-state index < -0.39 is 11.7 Å². The van der Waals surface area contributed by atoms with Crippen LogP contribution < -0.4 is 4.90 Å². The minimum absolute atomic E-state index is 0.208. The monoisotopic (exact) mass is 330 g/mol. The first-order chi connectivity index (χ1) is 10.8. The van der Waals surface area contributed by atoms with Crippen molar-refractivity contribution in [1.29, 1.82) is 0 Å². The normalized spacial score (nSPS) is 17.9. The fraction of sp³-hybridized carbons (Fsp3) is 0.562. The molecule has 0 amide bonds. The van der Waals surface area contributed by atoms with Crippen molar-refractivity contribution in [2.45, 2.75) is 13.1 Å². The smallest absolute Gasteiger partial charge is 0.416 e. The van der Waals surface area contributed by atoms with Crippen molar-refractivity contribution in [3.8, 4) is 0 Å². The number of benzene rings is 1. The van der Waals surface area contributed by atoms with Crippen LogP contribution >= 0.6 is 0 Å². The molecule has 1 heterocycles. The van der Waals surface area contributed by atoms with E-state index in [1.54, 1.807) is 6.07 Å². The lowest BCUT2D eigenvalue weighted by molar-refractivity contribution is -0.145. The summed E-state index contributed by atoms with van der Waals surface area (Å²) in [6, 6.07) is 5.40. The number of carbonyl (C=O) groups is 1. The van der Waals surface area contributed by atoms with Gasteiger partial charge in [0.15, 0.2) is 0 Å². The average Bonchev–Trinajstić information content (AvgIpc) is 2.54. The van der Waals surface area contributed by atoms with E-state index in [0.29, 0.717) is 38.4 Å². The highest BCUT2D eigenvalue weighted by atomic mass is 19.4. The maximum atomic E-state index is 12.8. The van der Waals surface area contributed by atoms with Crippen molar-refractivity contribution in [3.05, 3.63) is 29.8 Å². The number of halogens is 3. The number of esters is 1. The molecule has 23 heavy (non-hydrogen) atoms. The van der Waals surface area contributed by atoms with Gasteiger partial charge in [-0.1, -0.05) is 13.0 Å².